The van der Waals surface area contributed by atoms with Crippen molar-refractivity contribution in [1.29, 1.82) is 0 Å². The number of hydrogen-bond donors (Lipinski definition) is 2. The van der Waals surface area contributed by atoms with Crippen LogP contribution in [0.3, 0.4) is 0 Å². The molecule has 0 atom stereocenters. The Morgan fingerprint density at radius 1 is 1.40 bits per heavy atom. The van der Waals surface area contributed by atoms with E-state index in [1.54, 1.807) is 16.8 Å². The Morgan fingerprint density at radius 3 is 2.80 bits per heavy atom. The molecule has 0 bridgehead atoms. The van der Waals surface area contributed by atoms with Gasteiger partial charge in [-0.25, -0.2) is 4.39 Å². The van der Waals surface area contributed by atoms with Crippen molar-refractivity contribution in [2.24, 2.45) is 7.05 Å². The van der Waals surface area contributed by atoms with E-state index in [1.807, 2.05) is 20.2 Å². The van der Waals surface area contributed by atoms with Crippen molar-refractivity contribution in [2.45, 2.75) is 13.5 Å². The van der Waals surface area contributed by atoms with Crippen LogP contribution in [0.1, 0.15) is 11.3 Å². The molecule has 5 nitrogen and oxygen atoms in total. The monoisotopic (exact) mass is 276 g/mol. The number of carbonyl (C=O) groups is 1. The van der Waals surface area contributed by atoms with Crippen molar-refractivity contribution in [3.63, 3.8) is 0 Å². The van der Waals surface area contributed by atoms with Gasteiger partial charge in [0.15, 0.2) is 0 Å². The van der Waals surface area contributed by atoms with Gasteiger partial charge in [0, 0.05) is 25.4 Å². The number of halogens is 1. The molecule has 2 rings (SSSR count). The molecule has 1 heterocycles. The molecule has 0 spiro atoms. The molecule has 2 N–H and O–H groups in total. The van der Waals surface area contributed by atoms with Crippen LogP contribution in [0.15, 0.2) is 30.5 Å². The standard InChI is InChI=1S/C14H17FN4O/c1-10-11(9-19(2)18-10)7-16-8-14(20)17-13-6-4-3-5-12(13)15/h3-6,9,16H,7-8H2,1-2H3,(H,17,20). The third kappa shape index (κ3) is 3.64. The molecule has 1 amide bonds. The van der Waals surface area contributed by atoms with Gasteiger partial charge in [-0.2, -0.15) is 5.10 Å². The molecular formula is C14H17FN4O. The fraction of sp³-hybridized carbons (Fsp3) is 0.286. The summed E-state index contributed by atoms with van der Waals surface area (Å²) in [6, 6.07) is 6.08. The third-order valence-corrected chi connectivity index (χ3v) is 2.86. The fourth-order valence-electron chi connectivity index (χ4n) is 1.89. The lowest BCUT2D eigenvalue weighted by atomic mass is 10.2. The molecule has 0 aliphatic rings. The molecule has 0 saturated heterocycles. The van der Waals surface area contributed by atoms with Crippen LogP contribution < -0.4 is 10.6 Å². The van der Waals surface area contributed by atoms with Gasteiger partial charge in [-0.05, 0) is 19.1 Å². The maximum absolute atomic E-state index is 13.3. The summed E-state index contributed by atoms with van der Waals surface area (Å²) >= 11 is 0. The highest BCUT2D eigenvalue weighted by molar-refractivity contribution is 5.92. The second-order valence-electron chi connectivity index (χ2n) is 4.54. The normalized spacial score (nSPS) is 10.6. The van der Waals surface area contributed by atoms with Crippen molar-refractivity contribution in [3.8, 4) is 0 Å². The molecule has 106 valence electrons. The number of hydrogen-bond acceptors (Lipinski definition) is 3. The van der Waals surface area contributed by atoms with Gasteiger partial charge in [-0.15, -0.1) is 0 Å². The summed E-state index contributed by atoms with van der Waals surface area (Å²) in [4.78, 5) is 11.7. The number of anilines is 1. The summed E-state index contributed by atoms with van der Waals surface area (Å²) < 4.78 is 15.1. The minimum absolute atomic E-state index is 0.114. The van der Waals surface area contributed by atoms with E-state index in [4.69, 9.17) is 0 Å². The summed E-state index contributed by atoms with van der Waals surface area (Å²) in [5.74, 6) is -0.722. The Bertz CT molecular complexity index is 609. The van der Waals surface area contributed by atoms with Gasteiger partial charge >= 0.3 is 0 Å². The predicted molar refractivity (Wildman–Crippen MR) is 74.7 cm³/mol. The molecule has 0 saturated carbocycles. The van der Waals surface area contributed by atoms with Crippen LogP contribution in [0.2, 0.25) is 0 Å². The lowest BCUT2D eigenvalue weighted by Gasteiger charge is -2.07. The van der Waals surface area contributed by atoms with E-state index in [-0.39, 0.29) is 18.1 Å². The van der Waals surface area contributed by atoms with E-state index in [0.717, 1.165) is 11.3 Å². The Hall–Kier alpha value is -2.21. The van der Waals surface area contributed by atoms with Crippen LogP contribution in [0.25, 0.3) is 0 Å². The average Bonchev–Trinajstić information content (AvgIpc) is 2.71. The van der Waals surface area contributed by atoms with Gasteiger partial charge in [0.2, 0.25) is 5.91 Å². The molecule has 20 heavy (non-hydrogen) atoms. The smallest absolute Gasteiger partial charge is 0.238 e. The lowest BCUT2D eigenvalue weighted by molar-refractivity contribution is -0.115. The number of aryl methyl sites for hydroxylation is 2. The minimum atomic E-state index is -0.441. The Morgan fingerprint density at radius 2 is 2.15 bits per heavy atom. The first-order valence-corrected chi connectivity index (χ1v) is 6.30. The Balaban J connectivity index is 1.81. The number of nitrogens with zero attached hydrogens (tertiary/aromatic N) is 2. The molecule has 0 fully saturated rings. The number of aromatic nitrogens is 2. The molecule has 6 heteroatoms. The number of nitrogens with one attached hydrogen (secondary N) is 2. The third-order valence-electron chi connectivity index (χ3n) is 2.86. The molecule has 1 aromatic heterocycles. The SMILES string of the molecule is Cc1nn(C)cc1CNCC(=O)Nc1ccccc1F. The van der Waals surface area contributed by atoms with Gasteiger partial charge in [-0.3, -0.25) is 9.48 Å². The second-order valence-corrected chi connectivity index (χ2v) is 4.54. The van der Waals surface area contributed by atoms with Crippen LogP contribution >= 0.6 is 0 Å². The number of para-hydroxylation sites is 1. The second kappa shape index (κ2) is 6.29. The van der Waals surface area contributed by atoms with Crippen molar-refractivity contribution in [3.05, 3.63) is 47.5 Å². The highest BCUT2D eigenvalue weighted by atomic mass is 19.1. The van der Waals surface area contributed by atoms with Crippen molar-refractivity contribution < 1.29 is 9.18 Å². The molecule has 0 aliphatic carbocycles. The molecule has 1 aromatic carbocycles. The Kier molecular flexibility index (Phi) is 4.47. The van der Waals surface area contributed by atoms with Crippen LogP contribution in [0.5, 0.6) is 0 Å². The molecule has 0 radical (unpaired) electrons. The lowest BCUT2D eigenvalue weighted by Crippen LogP contribution is -2.28. The number of amides is 1. The van der Waals surface area contributed by atoms with Crippen LogP contribution in [-0.4, -0.2) is 22.2 Å². The predicted octanol–water partition coefficient (Wildman–Crippen LogP) is 1.60. The largest absolute Gasteiger partial charge is 0.322 e. The van der Waals surface area contributed by atoms with E-state index >= 15 is 0 Å². The van der Waals surface area contributed by atoms with Gasteiger partial charge in [-0.1, -0.05) is 12.1 Å². The number of carbonyl (C=O) groups excluding carboxylic acids is 1. The zero-order valence-corrected chi connectivity index (χ0v) is 11.5. The first kappa shape index (κ1) is 14.2. The minimum Gasteiger partial charge on any atom is -0.322 e. The maximum atomic E-state index is 13.3. The van der Waals surface area contributed by atoms with E-state index in [1.165, 1.54) is 12.1 Å². The fourth-order valence-corrected chi connectivity index (χ4v) is 1.89. The number of rotatable bonds is 5. The molecular weight excluding hydrogens is 259 g/mol. The van der Waals surface area contributed by atoms with E-state index in [2.05, 4.69) is 15.7 Å². The van der Waals surface area contributed by atoms with E-state index in [0.29, 0.717) is 6.54 Å². The van der Waals surface area contributed by atoms with Crippen molar-refractivity contribution >= 4 is 11.6 Å². The van der Waals surface area contributed by atoms with E-state index in [9.17, 15) is 9.18 Å². The first-order valence-electron chi connectivity index (χ1n) is 6.30. The van der Waals surface area contributed by atoms with Crippen LogP contribution in [0.4, 0.5) is 10.1 Å². The molecule has 0 unspecified atom stereocenters. The summed E-state index contributed by atoms with van der Waals surface area (Å²) in [6.45, 7) is 2.57. The van der Waals surface area contributed by atoms with Crippen LogP contribution in [-0.2, 0) is 18.4 Å². The van der Waals surface area contributed by atoms with Gasteiger partial charge < -0.3 is 10.6 Å². The van der Waals surface area contributed by atoms with Crippen LogP contribution in [0, 0.1) is 12.7 Å². The van der Waals surface area contributed by atoms with Crippen molar-refractivity contribution in [1.82, 2.24) is 15.1 Å². The van der Waals surface area contributed by atoms with Gasteiger partial charge in [0.05, 0.1) is 17.9 Å². The molecule has 0 aliphatic heterocycles. The number of benzene rings is 1. The zero-order valence-electron chi connectivity index (χ0n) is 11.5. The summed E-state index contributed by atoms with van der Waals surface area (Å²) in [6.07, 6.45) is 1.90. The maximum Gasteiger partial charge on any atom is 0.238 e. The first-order chi connectivity index (χ1) is 9.56. The topological polar surface area (TPSA) is 59.0 Å². The summed E-state index contributed by atoms with van der Waals surface area (Å²) in [7, 11) is 1.85. The van der Waals surface area contributed by atoms with E-state index < -0.39 is 5.82 Å². The quantitative estimate of drug-likeness (QED) is 0.872. The van der Waals surface area contributed by atoms with Gasteiger partial charge in [0.1, 0.15) is 5.82 Å². The Labute approximate surface area is 116 Å². The molecule has 2 aromatic rings. The zero-order chi connectivity index (χ0) is 14.5. The highest BCUT2D eigenvalue weighted by Gasteiger charge is 2.07. The highest BCUT2D eigenvalue weighted by Crippen LogP contribution is 2.11. The van der Waals surface area contributed by atoms with Gasteiger partial charge in [0.25, 0.3) is 0 Å². The summed E-state index contributed by atoms with van der Waals surface area (Å²) in [5, 5.41) is 9.74. The average molecular weight is 276 g/mol. The van der Waals surface area contributed by atoms with Crippen molar-refractivity contribution in [2.75, 3.05) is 11.9 Å². The summed E-state index contributed by atoms with van der Waals surface area (Å²) in [5.41, 5.74) is 2.15.